The van der Waals surface area contributed by atoms with Crippen LogP contribution in [0.25, 0.3) is 27.8 Å². The molecule has 71 heavy (non-hydrogen) atoms. The molecular formula is C53H69N11O6S. The predicted octanol–water partition coefficient (Wildman–Crippen LogP) is 6.81. The topological polar surface area (TPSA) is 220 Å². The van der Waals surface area contributed by atoms with Gasteiger partial charge in [0.15, 0.2) is 0 Å². The van der Waals surface area contributed by atoms with Crippen molar-refractivity contribution in [2.75, 3.05) is 32.1 Å². The Labute approximate surface area is 421 Å². The molecule has 0 saturated carbocycles. The highest BCUT2D eigenvalue weighted by Gasteiger charge is 2.43. The third kappa shape index (κ3) is 12.5. The van der Waals surface area contributed by atoms with Gasteiger partial charge in [-0.25, -0.2) is 9.97 Å². The van der Waals surface area contributed by atoms with Gasteiger partial charge in [0, 0.05) is 71.7 Å². The summed E-state index contributed by atoms with van der Waals surface area (Å²) in [4.78, 5) is 80.7. The number of likely N-dealkylation sites (tertiary alicyclic amines) is 1. The van der Waals surface area contributed by atoms with E-state index in [4.69, 9.17) is 20.4 Å². The van der Waals surface area contributed by atoms with Crippen LogP contribution >= 0.6 is 12.6 Å². The number of unbranched alkanes of at least 4 members (excludes halogenated alkanes) is 1. The molecule has 2 aliphatic rings. The van der Waals surface area contributed by atoms with Gasteiger partial charge in [-0.1, -0.05) is 59.6 Å². The number of benzene rings is 2. The fraction of sp³-hybridized carbons (Fsp3) is 0.434. The van der Waals surface area contributed by atoms with Crippen molar-refractivity contribution in [2.45, 2.75) is 117 Å². The Balaban J connectivity index is 1.13. The quantitative estimate of drug-likeness (QED) is 0.0188. The number of fused-ring (bicyclic) bond motifs is 2. The number of allylic oxidation sites excluding steroid dienone is 4. The molecule has 6 N–H and O–H groups in total. The van der Waals surface area contributed by atoms with E-state index in [1.807, 2.05) is 52.3 Å². The fourth-order valence-corrected chi connectivity index (χ4v) is 9.20. The highest BCUT2D eigenvalue weighted by Crippen LogP contribution is 2.37. The van der Waals surface area contributed by atoms with Gasteiger partial charge in [0.05, 0.1) is 47.2 Å². The summed E-state index contributed by atoms with van der Waals surface area (Å²) in [6.45, 7) is 26.2. The first-order chi connectivity index (χ1) is 33.6. The lowest BCUT2D eigenvalue weighted by molar-refractivity contribution is -0.135. The molecule has 4 heterocycles. The number of nitrogens with zero attached hydrogens (tertiary/aromatic N) is 6. The van der Waals surface area contributed by atoms with Gasteiger partial charge in [-0.05, 0) is 93.8 Å². The number of rotatable bonds is 24. The van der Waals surface area contributed by atoms with E-state index in [9.17, 15) is 24.0 Å². The molecule has 0 radical (unpaired) electrons. The number of thiol groups is 1. The maximum absolute atomic E-state index is 13.9. The molecular weight excluding hydrogens is 919 g/mol. The van der Waals surface area contributed by atoms with Crippen LogP contribution in [0.2, 0.25) is 0 Å². The van der Waals surface area contributed by atoms with Crippen molar-refractivity contribution < 1.29 is 28.7 Å². The Morgan fingerprint density at radius 1 is 0.958 bits per heavy atom. The molecule has 1 saturated heterocycles. The van der Waals surface area contributed by atoms with Gasteiger partial charge >= 0.3 is 0 Å². The molecule has 0 aliphatic carbocycles. The summed E-state index contributed by atoms with van der Waals surface area (Å²) >= 11 is 4.54. The standard InChI is InChI=1S/C53H69N11O6S/c1-12-36-24-38(33(6)55-11)26-43-47(36)62(35(8)59-43)19-15-16-20-63-48-37(25-39(49(54)67)27-44(48)60-52(63)61-50(68)40-22-30(3)57-42(40)13-2)18-14-17-21-70-34(7)32(5)58-45(65)28-56-46(66)29-64-31(4)23-41(51(64)69)53(9,10)71/h15-16,24-27,32,41,55,71H,4,6-7,12-14,17-23,28-29H2,1-3,5,8-11H3,(H2,54,67)(H,56,66)(H,58,65)(H,60,61,68)/b16-15+/t32-,41?/m0/s1. The average molecular weight is 988 g/mol. The van der Waals surface area contributed by atoms with Crippen LogP contribution in [0.15, 0.2) is 83.9 Å². The first-order valence-electron chi connectivity index (χ1n) is 24.2. The summed E-state index contributed by atoms with van der Waals surface area (Å²) in [5, 5.41) is 11.6. The first kappa shape index (κ1) is 53.4. The number of hydrogen-bond donors (Lipinski definition) is 6. The Hall–Kier alpha value is -6.95. The first-order valence-corrected chi connectivity index (χ1v) is 24.6. The summed E-state index contributed by atoms with van der Waals surface area (Å²) in [5.41, 5.74) is 15.9. The highest BCUT2D eigenvalue weighted by atomic mass is 32.1. The van der Waals surface area contributed by atoms with Gasteiger partial charge in [0.2, 0.25) is 29.6 Å². The zero-order valence-corrected chi connectivity index (χ0v) is 43.3. The minimum absolute atomic E-state index is 0.216. The van der Waals surface area contributed by atoms with Gasteiger partial charge in [0.1, 0.15) is 18.1 Å². The van der Waals surface area contributed by atoms with Crippen molar-refractivity contribution in [2.24, 2.45) is 16.6 Å². The summed E-state index contributed by atoms with van der Waals surface area (Å²) < 4.78 is 9.53. The highest BCUT2D eigenvalue weighted by molar-refractivity contribution is 7.81. The zero-order valence-electron chi connectivity index (χ0n) is 42.4. The third-order valence-corrected chi connectivity index (χ3v) is 13.3. The second-order valence-electron chi connectivity index (χ2n) is 18.7. The van der Waals surface area contributed by atoms with Crippen LogP contribution in [0.1, 0.15) is 107 Å². The van der Waals surface area contributed by atoms with Gasteiger partial charge in [-0.15, -0.1) is 0 Å². The number of anilines is 1. The van der Waals surface area contributed by atoms with Gasteiger partial charge in [-0.2, -0.15) is 12.6 Å². The van der Waals surface area contributed by atoms with Crippen molar-refractivity contribution in [1.29, 1.82) is 0 Å². The van der Waals surface area contributed by atoms with Crippen molar-refractivity contribution in [3.05, 3.63) is 107 Å². The Bertz CT molecular complexity index is 2900. The minimum atomic E-state index is -0.601. The van der Waals surface area contributed by atoms with Gasteiger partial charge < -0.3 is 40.5 Å². The molecule has 4 aromatic rings. The van der Waals surface area contributed by atoms with Crippen LogP contribution in [0.5, 0.6) is 0 Å². The largest absolute Gasteiger partial charge is 0.496 e. The molecule has 2 aliphatic heterocycles. The third-order valence-electron chi connectivity index (χ3n) is 13.0. The van der Waals surface area contributed by atoms with E-state index >= 15 is 0 Å². The van der Waals surface area contributed by atoms with E-state index in [1.54, 1.807) is 19.1 Å². The lowest BCUT2D eigenvalue weighted by Crippen LogP contribution is -2.45. The molecule has 1 fully saturated rings. The number of amides is 5. The fourth-order valence-electron chi connectivity index (χ4n) is 9.00. The molecule has 18 heteroatoms. The minimum Gasteiger partial charge on any atom is -0.496 e. The number of aromatic nitrogens is 4. The number of imidazole rings is 2. The van der Waals surface area contributed by atoms with Crippen LogP contribution in [0, 0.1) is 12.8 Å². The summed E-state index contributed by atoms with van der Waals surface area (Å²) in [7, 11) is 1.85. The lowest BCUT2D eigenvalue weighted by Gasteiger charge is -2.24. The Kier molecular flexibility index (Phi) is 17.2. The smallest absolute Gasteiger partial charge is 0.256 e. The number of aliphatic imine (C=N–C) groups is 1. The van der Waals surface area contributed by atoms with Crippen molar-refractivity contribution in [3.63, 3.8) is 0 Å². The zero-order chi connectivity index (χ0) is 51.9. The number of carbonyl (C=O) groups excluding carboxylic acids is 5. The maximum atomic E-state index is 13.9. The number of hydrogen-bond acceptors (Lipinski definition) is 11. The molecule has 2 aromatic carbocycles. The normalized spacial score (nSPS) is 15.5. The number of nitrogens with two attached hydrogens (primary N) is 1. The van der Waals surface area contributed by atoms with Crippen LogP contribution < -0.4 is 27.0 Å². The number of primary amides is 1. The second-order valence-corrected chi connectivity index (χ2v) is 19.9. The molecule has 2 atom stereocenters. The summed E-state index contributed by atoms with van der Waals surface area (Å²) in [6, 6.07) is 7.08. The van der Waals surface area contributed by atoms with E-state index in [2.05, 4.69) is 88.3 Å². The Morgan fingerprint density at radius 2 is 1.62 bits per heavy atom. The predicted molar refractivity (Wildman–Crippen MR) is 284 cm³/mol. The van der Waals surface area contributed by atoms with Crippen LogP contribution in [-0.4, -0.2) is 96.8 Å². The molecule has 1 unspecified atom stereocenters. The van der Waals surface area contributed by atoms with E-state index in [0.29, 0.717) is 92.3 Å². The SMILES string of the molecule is C=C(NC)c1cc(CC)c2c(c1)nc(C)n2C/C=C/Cn1c(NC(=O)C2=C(CC)N=C(C)C2)nc2cc(C(N)=O)cc(CCCCOC(=C)[C@H](C)NC(=O)CNC(=O)CN3C(=C)CC(C(C)(C)S)C3=O)c21. The van der Waals surface area contributed by atoms with E-state index in [-0.39, 0.29) is 24.9 Å². The molecule has 17 nitrogen and oxygen atoms in total. The lowest BCUT2D eigenvalue weighted by atomic mass is 9.93. The van der Waals surface area contributed by atoms with Gasteiger partial charge in [0.25, 0.3) is 5.91 Å². The van der Waals surface area contributed by atoms with E-state index < -0.39 is 34.4 Å². The molecule has 6 rings (SSSR count). The summed E-state index contributed by atoms with van der Waals surface area (Å²) in [6.07, 6.45) is 8.16. The Morgan fingerprint density at radius 3 is 2.27 bits per heavy atom. The van der Waals surface area contributed by atoms with Crippen LogP contribution in [0.4, 0.5) is 5.95 Å². The maximum Gasteiger partial charge on any atom is 0.256 e. The number of aryl methyl sites for hydroxylation is 3. The van der Waals surface area contributed by atoms with E-state index in [0.717, 1.165) is 62.6 Å². The molecule has 0 bridgehead atoms. The van der Waals surface area contributed by atoms with Crippen molar-refractivity contribution in [3.8, 4) is 0 Å². The number of carbonyl (C=O) groups is 5. The monoisotopic (exact) mass is 988 g/mol. The van der Waals surface area contributed by atoms with Crippen LogP contribution in [0.3, 0.4) is 0 Å². The van der Waals surface area contributed by atoms with Crippen molar-refractivity contribution in [1.82, 2.24) is 40.0 Å². The second kappa shape index (κ2) is 22.9. The molecule has 0 spiro atoms. The average Bonchev–Trinajstić information content (AvgIpc) is 4.06. The molecule has 5 amide bonds. The van der Waals surface area contributed by atoms with Crippen LogP contribution in [-0.2, 0) is 49.8 Å². The van der Waals surface area contributed by atoms with Crippen molar-refractivity contribution >= 4 is 81.6 Å². The summed E-state index contributed by atoms with van der Waals surface area (Å²) in [5.74, 6) is -0.885. The molecule has 378 valence electrons. The number of nitrogens with one attached hydrogen (secondary N) is 4. The van der Waals surface area contributed by atoms with Gasteiger partial charge in [-0.3, -0.25) is 34.3 Å². The number of ether oxygens (including phenoxy) is 1. The van der Waals surface area contributed by atoms with E-state index in [1.165, 1.54) is 4.90 Å². The molecule has 2 aromatic heterocycles.